The van der Waals surface area contributed by atoms with E-state index in [1.807, 2.05) is 6.92 Å². The van der Waals surface area contributed by atoms with Gasteiger partial charge in [-0.05, 0) is 37.6 Å². The van der Waals surface area contributed by atoms with Crippen LogP contribution in [0.25, 0.3) is 0 Å². The zero-order chi connectivity index (χ0) is 16.1. The van der Waals surface area contributed by atoms with Gasteiger partial charge in [-0.25, -0.2) is 14.4 Å². The van der Waals surface area contributed by atoms with E-state index in [2.05, 4.69) is 20.6 Å². The maximum Gasteiger partial charge on any atom is 0.270 e. The fraction of sp³-hybridized carbons (Fsp3) is 0.267. The summed E-state index contributed by atoms with van der Waals surface area (Å²) in [7, 11) is 0. The molecule has 0 fully saturated rings. The van der Waals surface area contributed by atoms with Gasteiger partial charge in [-0.15, -0.1) is 0 Å². The number of carbonyl (C=O) groups is 1. The number of benzene rings is 1. The van der Waals surface area contributed by atoms with Crippen molar-refractivity contribution in [2.45, 2.75) is 20.3 Å². The number of rotatable bonds is 5. The van der Waals surface area contributed by atoms with Gasteiger partial charge in [-0.2, -0.15) is 0 Å². The molecule has 2 aromatic rings. The Hall–Kier alpha value is -2.21. The highest BCUT2D eigenvalue weighted by molar-refractivity contribution is 6.31. The molecule has 0 spiro atoms. The third-order valence-electron chi connectivity index (χ3n) is 2.80. The Morgan fingerprint density at radius 3 is 2.77 bits per heavy atom. The molecule has 0 bridgehead atoms. The van der Waals surface area contributed by atoms with E-state index in [1.165, 1.54) is 18.2 Å². The van der Waals surface area contributed by atoms with Gasteiger partial charge in [-0.3, -0.25) is 4.79 Å². The average Bonchev–Trinajstić information content (AvgIpc) is 2.48. The molecule has 5 nitrogen and oxygen atoms in total. The number of aryl methyl sites for hydroxylation is 1. The smallest absolute Gasteiger partial charge is 0.270 e. The van der Waals surface area contributed by atoms with Crippen LogP contribution in [-0.4, -0.2) is 22.4 Å². The fourth-order valence-electron chi connectivity index (χ4n) is 1.77. The summed E-state index contributed by atoms with van der Waals surface area (Å²) in [6.07, 6.45) is 0.842. The van der Waals surface area contributed by atoms with Crippen LogP contribution in [0.15, 0.2) is 24.3 Å². The van der Waals surface area contributed by atoms with Crippen molar-refractivity contribution in [1.29, 1.82) is 0 Å². The van der Waals surface area contributed by atoms with Gasteiger partial charge in [0.25, 0.3) is 5.91 Å². The van der Waals surface area contributed by atoms with E-state index in [9.17, 15) is 9.18 Å². The highest BCUT2D eigenvalue weighted by atomic mass is 35.5. The summed E-state index contributed by atoms with van der Waals surface area (Å²) in [6.45, 7) is 4.32. The molecule has 0 aliphatic rings. The van der Waals surface area contributed by atoms with Crippen LogP contribution in [0.3, 0.4) is 0 Å². The van der Waals surface area contributed by atoms with Crippen molar-refractivity contribution >= 4 is 29.1 Å². The highest BCUT2D eigenvalue weighted by Crippen LogP contribution is 2.21. The fourth-order valence-corrected chi connectivity index (χ4v) is 1.95. The highest BCUT2D eigenvalue weighted by Gasteiger charge is 2.10. The second-order valence-corrected chi connectivity index (χ2v) is 5.14. The quantitative estimate of drug-likeness (QED) is 0.884. The Bertz CT molecular complexity index is 693. The predicted octanol–water partition coefficient (Wildman–Crippen LogP) is 3.46. The zero-order valence-corrected chi connectivity index (χ0v) is 13.0. The van der Waals surface area contributed by atoms with Gasteiger partial charge in [0.1, 0.15) is 11.5 Å². The Balaban J connectivity index is 2.22. The summed E-state index contributed by atoms with van der Waals surface area (Å²) >= 11 is 5.73. The number of aromatic nitrogens is 2. The van der Waals surface area contributed by atoms with Crippen molar-refractivity contribution in [3.8, 4) is 0 Å². The van der Waals surface area contributed by atoms with Crippen LogP contribution in [0.5, 0.6) is 0 Å². The third kappa shape index (κ3) is 4.14. The summed E-state index contributed by atoms with van der Waals surface area (Å²) in [5, 5.41) is 5.67. The summed E-state index contributed by atoms with van der Waals surface area (Å²) in [5.41, 5.74) is 1.46. The summed E-state index contributed by atoms with van der Waals surface area (Å²) in [4.78, 5) is 20.3. The zero-order valence-electron chi connectivity index (χ0n) is 12.3. The molecule has 0 unspecified atom stereocenters. The SMILES string of the molecule is CCCNC(=O)c1cc(C)nc(Nc2ccc(F)c(Cl)c2)n1. The number of anilines is 2. The number of nitrogens with zero attached hydrogens (tertiary/aromatic N) is 2. The van der Waals surface area contributed by atoms with Crippen LogP contribution < -0.4 is 10.6 Å². The van der Waals surface area contributed by atoms with Gasteiger partial charge >= 0.3 is 0 Å². The van der Waals surface area contributed by atoms with Gasteiger partial charge in [-0.1, -0.05) is 18.5 Å². The number of halogens is 2. The third-order valence-corrected chi connectivity index (χ3v) is 3.09. The molecule has 0 atom stereocenters. The Morgan fingerprint density at radius 2 is 2.09 bits per heavy atom. The largest absolute Gasteiger partial charge is 0.351 e. The monoisotopic (exact) mass is 322 g/mol. The number of hydrogen-bond donors (Lipinski definition) is 2. The standard InChI is InChI=1S/C15H16ClFN4O/c1-3-6-18-14(22)13-7-9(2)19-15(21-13)20-10-4-5-12(17)11(16)8-10/h4-5,7-8H,3,6H2,1-2H3,(H,18,22)(H,19,20,21). The first kappa shape index (κ1) is 16.2. The number of carbonyl (C=O) groups excluding carboxylic acids is 1. The van der Waals surface area contributed by atoms with Crippen molar-refractivity contribution in [3.63, 3.8) is 0 Å². The minimum absolute atomic E-state index is 0.00133. The molecule has 1 amide bonds. The van der Waals surface area contributed by atoms with Gasteiger partial charge < -0.3 is 10.6 Å². The van der Waals surface area contributed by atoms with E-state index in [0.29, 0.717) is 17.9 Å². The van der Waals surface area contributed by atoms with E-state index in [-0.39, 0.29) is 22.6 Å². The van der Waals surface area contributed by atoms with Gasteiger partial charge in [0.15, 0.2) is 0 Å². The van der Waals surface area contributed by atoms with E-state index in [0.717, 1.165) is 6.42 Å². The molecule has 0 saturated carbocycles. The second kappa shape index (κ2) is 7.17. The molecule has 2 rings (SSSR count). The van der Waals surface area contributed by atoms with Crippen molar-refractivity contribution in [2.75, 3.05) is 11.9 Å². The second-order valence-electron chi connectivity index (χ2n) is 4.73. The van der Waals surface area contributed by atoms with Crippen LogP contribution in [0, 0.1) is 12.7 Å². The number of nitrogens with one attached hydrogen (secondary N) is 2. The van der Waals surface area contributed by atoms with Gasteiger partial charge in [0.2, 0.25) is 5.95 Å². The average molecular weight is 323 g/mol. The van der Waals surface area contributed by atoms with E-state index < -0.39 is 5.82 Å². The van der Waals surface area contributed by atoms with Gasteiger partial charge in [0.05, 0.1) is 5.02 Å². The predicted molar refractivity (Wildman–Crippen MR) is 84.1 cm³/mol. The molecule has 0 radical (unpaired) electrons. The van der Waals surface area contributed by atoms with Crippen molar-refractivity contribution in [2.24, 2.45) is 0 Å². The lowest BCUT2D eigenvalue weighted by molar-refractivity contribution is 0.0948. The lowest BCUT2D eigenvalue weighted by Crippen LogP contribution is -2.25. The molecule has 22 heavy (non-hydrogen) atoms. The molecule has 0 saturated heterocycles. The summed E-state index contributed by atoms with van der Waals surface area (Å²) in [6, 6.07) is 5.80. The van der Waals surface area contributed by atoms with Crippen molar-refractivity contribution < 1.29 is 9.18 Å². The summed E-state index contributed by atoms with van der Waals surface area (Å²) < 4.78 is 13.1. The Kier molecular flexibility index (Phi) is 5.27. The van der Waals surface area contributed by atoms with Crippen LogP contribution in [0.2, 0.25) is 5.02 Å². The topological polar surface area (TPSA) is 66.9 Å². The van der Waals surface area contributed by atoms with Crippen LogP contribution >= 0.6 is 11.6 Å². The molecule has 2 N–H and O–H groups in total. The molecule has 0 aliphatic heterocycles. The normalized spacial score (nSPS) is 10.4. The first-order chi connectivity index (χ1) is 10.5. The molecule has 1 aromatic heterocycles. The van der Waals surface area contributed by atoms with Crippen LogP contribution in [0.4, 0.5) is 16.0 Å². The Labute approximate surface area is 132 Å². The van der Waals surface area contributed by atoms with Crippen LogP contribution in [0.1, 0.15) is 29.5 Å². The number of hydrogen-bond acceptors (Lipinski definition) is 4. The Morgan fingerprint density at radius 1 is 1.32 bits per heavy atom. The molecule has 1 aromatic carbocycles. The molecular weight excluding hydrogens is 307 g/mol. The molecule has 116 valence electrons. The molecular formula is C15H16ClFN4O. The summed E-state index contributed by atoms with van der Waals surface area (Å²) in [5.74, 6) is -0.506. The maximum atomic E-state index is 13.1. The van der Waals surface area contributed by atoms with Gasteiger partial charge in [0, 0.05) is 17.9 Å². The van der Waals surface area contributed by atoms with Crippen molar-refractivity contribution in [1.82, 2.24) is 15.3 Å². The molecule has 1 heterocycles. The van der Waals surface area contributed by atoms with E-state index in [1.54, 1.807) is 13.0 Å². The molecule has 0 aliphatic carbocycles. The van der Waals surface area contributed by atoms with Crippen LogP contribution in [-0.2, 0) is 0 Å². The van der Waals surface area contributed by atoms with E-state index >= 15 is 0 Å². The van der Waals surface area contributed by atoms with Crippen molar-refractivity contribution in [3.05, 3.63) is 46.5 Å². The lowest BCUT2D eigenvalue weighted by Gasteiger charge is -2.09. The molecule has 7 heteroatoms. The first-order valence-electron chi connectivity index (χ1n) is 6.85. The maximum absolute atomic E-state index is 13.1. The lowest BCUT2D eigenvalue weighted by atomic mass is 10.3. The van der Waals surface area contributed by atoms with E-state index in [4.69, 9.17) is 11.6 Å². The minimum atomic E-state index is -0.503. The number of amides is 1. The minimum Gasteiger partial charge on any atom is -0.351 e. The first-order valence-corrected chi connectivity index (χ1v) is 7.23.